The van der Waals surface area contributed by atoms with E-state index in [-0.39, 0.29) is 5.56 Å². The lowest BCUT2D eigenvalue weighted by Crippen LogP contribution is -2.52. The summed E-state index contributed by atoms with van der Waals surface area (Å²) in [5, 5.41) is 22.3. The quantitative estimate of drug-likeness (QED) is 0.674. The number of carbonyl (C=O) groups excluding carboxylic acids is 1. The van der Waals surface area contributed by atoms with Crippen molar-refractivity contribution in [3.8, 4) is 6.07 Å². The molecule has 1 aromatic rings. The number of pyridine rings is 1. The van der Waals surface area contributed by atoms with Gasteiger partial charge in [-0.25, -0.2) is 0 Å². The van der Waals surface area contributed by atoms with Gasteiger partial charge in [0, 0.05) is 6.07 Å². The first-order chi connectivity index (χ1) is 8.97. The molecule has 98 valence electrons. The summed E-state index contributed by atoms with van der Waals surface area (Å²) in [7, 11) is 0. The molecule has 1 aromatic heterocycles. The maximum Gasteiger partial charge on any atom is 0.364 e. The highest BCUT2D eigenvalue weighted by Crippen LogP contribution is 2.32. The predicted octanol–water partition coefficient (Wildman–Crippen LogP) is 1.93. The molecule has 7 nitrogen and oxygen atoms in total. The van der Waals surface area contributed by atoms with Crippen LogP contribution in [0.15, 0.2) is 16.7 Å². The average molecular weight is 325 g/mol. The van der Waals surface area contributed by atoms with E-state index in [1.54, 1.807) is 0 Å². The van der Waals surface area contributed by atoms with Gasteiger partial charge in [0.2, 0.25) is 0 Å². The van der Waals surface area contributed by atoms with E-state index in [4.69, 9.17) is 5.26 Å². The van der Waals surface area contributed by atoms with Crippen LogP contribution in [0.3, 0.4) is 0 Å². The van der Waals surface area contributed by atoms with Gasteiger partial charge in [-0.1, -0.05) is 0 Å². The molecule has 1 amide bonds. The summed E-state index contributed by atoms with van der Waals surface area (Å²) in [6.45, 7) is 0. The summed E-state index contributed by atoms with van der Waals surface area (Å²) < 4.78 is 0.350. The lowest BCUT2D eigenvalue weighted by molar-refractivity contribution is -0.389. The maximum absolute atomic E-state index is 12.1. The van der Waals surface area contributed by atoms with Gasteiger partial charge in [-0.2, -0.15) is 5.26 Å². The first-order valence-corrected chi connectivity index (χ1v) is 6.30. The molecule has 1 N–H and O–H groups in total. The van der Waals surface area contributed by atoms with Crippen LogP contribution in [-0.2, 0) is 0 Å². The zero-order valence-corrected chi connectivity index (χ0v) is 11.3. The predicted molar refractivity (Wildman–Crippen MR) is 68.3 cm³/mol. The number of nitriles is 1. The highest BCUT2D eigenvalue weighted by atomic mass is 79.9. The second kappa shape index (κ2) is 4.93. The fourth-order valence-corrected chi connectivity index (χ4v) is 2.18. The van der Waals surface area contributed by atoms with Crippen molar-refractivity contribution in [1.29, 1.82) is 5.26 Å². The van der Waals surface area contributed by atoms with Crippen LogP contribution in [0.4, 0.5) is 5.82 Å². The van der Waals surface area contributed by atoms with Crippen LogP contribution in [0.5, 0.6) is 0 Å². The van der Waals surface area contributed by atoms with Gasteiger partial charge in [0.25, 0.3) is 5.91 Å². The minimum absolute atomic E-state index is 0.100. The number of nitro groups is 1. The Morgan fingerprint density at radius 3 is 2.79 bits per heavy atom. The Hall–Kier alpha value is -2.01. The third-order valence-corrected chi connectivity index (χ3v) is 3.68. The van der Waals surface area contributed by atoms with Gasteiger partial charge in [0.1, 0.15) is 5.54 Å². The number of nitrogens with one attached hydrogen (secondary N) is 1. The summed E-state index contributed by atoms with van der Waals surface area (Å²) in [6, 6.07) is 3.16. The van der Waals surface area contributed by atoms with E-state index in [1.807, 2.05) is 0 Å². The molecule has 1 heterocycles. The molecule has 0 saturated heterocycles. The van der Waals surface area contributed by atoms with Crippen molar-refractivity contribution in [1.82, 2.24) is 10.3 Å². The molecule has 0 unspecified atom stereocenters. The van der Waals surface area contributed by atoms with Crippen molar-refractivity contribution in [2.45, 2.75) is 24.8 Å². The highest BCUT2D eigenvalue weighted by Gasteiger charge is 2.39. The number of amides is 1. The number of halogens is 1. The van der Waals surface area contributed by atoms with E-state index in [9.17, 15) is 14.9 Å². The summed E-state index contributed by atoms with van der Waals surface area (Å²) in [5.74, 6) is -0.924. The third-order valence-electron chi connectivity index (χ3n) is 3.05. The largest absolute Gasteiger partial charge is 0.364 e. The zero-order chi connectivity index (χ0) is 14.0. The fraction of sp³-hybridized carbons (Fsp3) is 0.364. The molecule has 1 saturated carbocycles. The summed E-state index contributed by atoms with van der Waals surface area (Å²) in [5.41, 5.74) is -0.739. The summed E-state index contributed by atoms with van der Waals surface area (Å²) >= 11 is 3.12. The molecule has 8 heteroatoms. The first-order valence-electron chi connectivity index (χ1n) is 5.51. The molecule has 0 atom stereocenters. The molecule has 0 spiro atoms. The zero-order valence-electron chi connectivity index (χ0n) is 9.72. The minimum Gasteiger partial charge on any atom is -0.358 e. The average Bonchev–Trinajstić information content (AvgIpc) is 2.33. The maximum atomic E-state index is 12.1. The van der Waals surface area contributed by atoms with Crippen LogP contribution in [0, 0.1) is 21.4 Å². The lowest BCUT2D eigenvalue weighted by Gasteiger charge is -2.35. The van der Waals surface area contributed by atoms with Gasteiger partial charge >= 0.3 is 5.82 Å². The Balaban J connectivity index is 2.26. The fourth-order valence-electron chi connectivity index (χ4n) is 1.78. The molecule has 0 aliphatic heterocycles. The second-order valence-electron chi connectivity index (χ2n) is 4.28. The van der Waals surface area contributed by atoms with E-state index in [2.05, 4.69) is 32.3 Å². The van der Waals surface area contributed by atoms with Crippen molar-refractivity contribution in [3.63, 3.8) is 0 Å². The molecule has 0 bridgehead atoms. The first kappa shape index (κ1) is 13.4. The van der Waals surface area contributed by atoms with E-state index >= 15 is 0 Å². The van der Waals surface area contributed by atoms with Crippen molar-refractivity contribution in [2.24, 2.45) is 0 Å². The molecule has 1 aliphatic rings. The second-order valence-corrected chi connectivity index (χ2v) is 5.14. The number of aromatic nitrogens is 1. The van der Waals surface area contributed by atoms with Gasteiger partial charge in [0.15, 0.2) is 6.20 Å². The van der Waals surface area contributed by atoms with Crippen molar-refractivity contribution in [2.75, 3.05) is 0 Å². The molecule has 1 fully saturated rings. The van der Waals surface area contributed by atoms with Crippen LogP contribution >= 0.6 is 15.9 Å². The Bertz CT molecular complexity index is 592. The molecule has 0 radical (unpaired) electrons. The van der Waals surface area contributed by atoms with Crippen molar-refractivity contribution < 1.29 is 9.72 Å². The number of nitrogens with zero attached hydrogens (tertiary/aromatic N) is 3. The Morgan fingerprint density at radius 1 is 1.63 bits per heavy atom. The van der Waals surface area contributed by atoms with Crippen LogP contribution in [0.2, 0.25) is 0 Å². The number of rotatable bonds is 3. The Morgan fingerprint density at radius 2 is 2.32 bits per heavy atom. The van der Waals surface area contributed by atoms with E-state index in [0.29, 0.717) is 17.3 Å². The van der Waals surface area contributed by atoms with Crippen LogP contribution < -0.4 is 5.32 Å². The highest BCUT2D eigenvalue weighted by molar-refractivity contribution is 9.10. The molecule has 1 aliphatic carbocycles. The number of hydrogen-bond acceptors (Lipinski definition) is 5. The SMILES string of the molecule is N#CC1(NC(=O)c2cc([N+](=O)[O-])ncc2Br)CCC1. The van der Waals surface area contributed by atoms with E-state index < -0.39 is 22.2 Å². The van der Waals surface area contributed by atoms with Crippen molar-refractivity contribution in [3.05, 3.63) is 32.4 Å². The van der Waals surface area contributed by atoms with Gasteiger partial charge in [-0.05, 0) is 45.1 Å². The van der Waals surface area contributed by atoms with E-state index in [0.717, 1.165) is 12.5 Å². The lowest BCUT2D eigenvalue weighted by atomic mass is 9.78. The minimum atomic E-state index is -0.839. The normalized spacial score (nSPS) is 16.0. The van der Waals surface area contributed by atoms with Gasteiger partial charge in [-0.3, -0.25) is 4.79 Å². The number of hydrogen-bond donors (Lipinski definition) is 1. The Kier molecular flexibility index (Phi) is 3.48. The van der Waals surface area contributed by atoms with Crippen LogP contribution in [0.25, 0.3) is 0 Å². The van der Waals surface area contributed by atoms with Gasteiger partial charge < -0.3 is 15.4 Å². The van der Waals surface area contributed by atoms with E-state index in [1.165, 1.54) is 6.20 Å². The molecule has 0 aromatic carbocycles. The smallest absolute Gasteiger partial charge is 0.358 e. The standard InChI is InChI=1S/C11H9BrN4O3/c12-8-5-14-9(16(18)19)4-7(8)10(17)15-11(6-13)2-1-3-11/h4-5H,1-3H2,(H,15,17). The topological polar surface area (TPSA) is 109 Å². The summed E-state index contributed by atoms with van der Waals surface area (Å²) in [6.07, 6.45) is 3.28. The third kappa shape index (κ3) is 2.56. The molecule has 2 rings (SSSR count). The molecule has 19 heavy (non-hydrogen) atoms. The van der Waals surface area contributed by atoms with Crippen LogP contribution in [-0.4, -0.2) is 21.4 Å². The van der Waals surface area contributed by atoms with Gasteiger partial charge in [-0.15, -0.1) is 0 Å². The van der Waals surface area contributed by atoms with Crippen LogP contribution in [0.1, 0.15) is 29.6 Å². The van der Waals surface area contributed by atoms with Crippen molar-refractivity contribution >= 4 is 27.7 Å². The molecular formula is C11H9BrN4O3. The summed E-state index contributed by atoms with van der Waals surface area (Å²) in [4.78, 5) is 25.6. The Labute approximate surface area is 116 Å². The van der Waals surface area contributed by atoms with Gasteiger partial charge in [0.05, 0.1) is 16.1 Å². The molecular weight excluding hydrogens is 316 g/mol. The monoisotopic (exact) mass is 324 g/mol. The number of carbonyl (C=O) groups is 1.